The predicted octanol–water partition coefficient (Wildman–Crippen LogP) is 7.49. The maximum Gasteiger partial charge on any atom is 0.0726 e. The van der Waals surface area contributed by atoms with Crippen molar-refractivity contribution in [2.24, 2.45) is 0 Å². The zero-order valence-electron chi connectivity index (χ0n) is 16.8. The van der Waals surface area contributed by atoms with E-state index in [9.17, 15) is 0 Å². The van der Waals surface area contributed by atoms with Crippen LogP contribution in [0.1, 0.15) is 27.8 Å². The first-order valence-electron chi connectivity index (χ1n) is 10.6. The molecule has 5 aromatic rings. The number of fused-ring (bicyclic) bond motifs is 7. The van der Waals surface area contributed by atoms with Crippen molar-refractivity contribution in [1.82, 2.24) is 0 Å². The molecular weight excluding hydrogens is 360 g/mol. The van der Waals surface area contributed by atoms with E-state index >= 15 is 0 Å². The molecule has 0 amide bonds. The molecule has 1 spiro atoms. The monoisotopic (exact) mass is 380 g/mol. The van der Waals surface area contributed by atoms with Gasteiger partial charge in [-0.05, 0) is 68.3 Å². The lowest BCUT2D eigenvalue weighted by atomic mass is 9.57. The van der Waals surface area contributed by atoms with Gasteiger partial charge in [0, 0.05) is 0 Å². The van der Waals surface area contributed by atoms with Crippen LogP contribution in [0.15, 0.2) is 103 Å². The summed E-state index contributed by atoms with van der Waals surface area (Å²) in [4.78, 5) is 0. The number of rotatable bonds is 1. The molecule has 2 aliphatic carbocycles. The first-order valence-corrected chi connectivity index (χ1v) is 10.6. The molecule has 2 aliphatic rings. The molecule has 30 heavy (non-hydrogen) atoms. The van der Waals surface area contributed by atoms with Crippen LogP contribution in [0.3, 0.4) is 0 Å². The molecule has 0 N–H and O–H groups in total. The van der Waals surface area contributed by atoms with Gasteiger partial charge in [0.1, 0.15) is 0 Å². The van der Waals surface area contributed by atoms with Gasteiger partial charge < -0.3 is 0 Å². The van der Waals surface area contributed by atoms with Crippen molar-refractivity contribution in [3.05, 3.63) is 131 Å². The van der Waals surface area contributed by atoms with Crippen LogP contribution in [0.4, 0.5) is 0 Å². The van der Waals surface area contributed by atoms with E-state index in [1.807, 2.05) is 0 Å². The predicted molar refractivity (Wildman–Crippen MR) is 125 cm³/mol. The molecule has 0 atom stereocenters. The van der Waals surface area contributed by atoms with Crippen LogP contribution in [0, 0.1) is 6.92 Å². The fraction of sp³-hybridized carbons (Fsp3) is 0.0667. The van der Waals surface area contributed by atoms with Gasteiger partial charge in [-0.3, -0.25) is 0 Å². The first-order chi connectivity index (χ1) is 14.8. The van der Waals surface area contributed by atoms with Crippen molar-refractivity contribution in [1.29, 1.82) is 0 Å². The Morgan fingerprint density at radius 3 is 1.90 bits per heavy atom. The van der Waals surface area contributed by atoms with E-state index in [-0.39, 0.29) is 5.41 Å². The lowest BCUT2D eigenvalue weighted by Gasteiger charge is -2.43. The Labute approximate surface area is 176 Å². The van der Waals surface area contributed by atoms with E-state index in [1.54, 1.807) is 0 Å². The molecule has 0 heterocycles. The summed E-state index contributed by atoms with van der Waals surface area (Å²) in [5, 5.41) is 2.78. The highest BCUT2D eigenvalue weighted by atomic mass is 14.5. The maximum atomic E-state index is 2.44. The molecule has 0 saturated carbocycles. The molecule has 0 nitrogen and oxygen atoms in total. The Kier molecular flexibility index (Phi) is 2.96. The van der Waals surface area contributed by atoms with Crippen molar-refractivity contribution in [3.8, 4) is 22.3 Å². The van der Waals surface area contributed by atoms with E-state index in [1.165, 1.54) is 60.8 Å². The molecule has 0 aliphatic heterocycles. The van der Waals surface area contributed by atoms with Crippen molar-refractivity contribution >= 4 is 10.8 Å². The van der Waals surface area contributed by atoms with Crippen molar-refractivity contribution in [2.75, 3.05) is 0 Å². The molecule has 0 fully saturated rings. The maximum absolute atomic E-state index is 2.44. The van der Waals surface area contributed by atoms with E-state index in [0.717, 1.165) is 0 Å². The summed E-state index contributed by atoms with van der Waals surface area (Å²) in [5.74, 6) is 0. The fourth-order valence-electron chi connectivity index (χ4n) is 5.88. The third-order valence-electron chi connectivity index (χ3n) is 7.11. The number of aryl methyl sites for hydroxylation is 1. The molecule has 0 bridgehead atoms. The summed E-state index contributed by atoms with van der Waals surface area (Å²) in [5.41, 5.74) is 12.2. The van der Waals surface area contributed by atoms with E-state index in [2.05, 4.69) is 110 Å². The summed E-state index contributed by atoms with van der Waals surface area (Å²) >= 11 is 0. The second kappa shape index (κ2) is 5.49. The molecule has 7 rings (SSSR count). The van der Waals surface area contributed by atoms with Crippen LogP contribution in [0.25, 0.3) is 33.0 Å². The smallest absolute Gasteiger partial charge is 0.0622 e. The Morgan fingerprint density at radius 1 is 0.500 bits per heavy atom. The van der Waals surface area contributed by atoms with Crippen LogP contribution in [-0.4, -0.2) is 0 Å². The third kappa shape index (κ3) is 1.78. The van der Waals surface area contributed by atoms with Crippen molar-refractivity contribution in [3.63, 3.8) is 0 Å². The standard InChI is InChI=1S/C30H20/c1-19-13-15-23-24-16-14-22(20-7-3-2-4-8-20)18-28(24)30(27(23)17-19)25-11-5-9-21-10-6-12-26(30)29(21)25/h2-18H,1H3. The number of hydrogen-bond donors (Lipinski definition) is 0. The van der Waals surface area contributed by atoms with Gasteiger partial charge >= 0.3 is 0 Å². The van der Waals surface area contributed by atoms with Gasteiger partial charge in [-0.15, -0.1) is 0 Å². The molecule has 0 saturated heterocycles. The molecule has 5 aromatic carbocycles. The summed E-state index contributed by atoms with van der Waals surface area (Å²) in [6.45, 7) is 2.21. The third-order valence-corrected chi connectivity index (χ3v) is 7.11. The molecule has 0 heteroatoms. The topological polar surface area (TPSA) is 0 Å². The van der Waals surface area contributed by atoms with Crippen molar-refractivity contribution in [2.45, 2.75) is 12.3 Å². The van der Waals surface area contributed by atoms with Gasteiger partial charge in [-0.25, -0.2) is 0 Å². The van der Waals surface area contributed by atoms with E-state index in [0.29, 0.717) is 0 Å². The molecule has 0 aromatic heterocycles. The van der Waals surface area contributed by atoms with Gasteiger partial charge in [0.15, 0.2) is 0 Å². The summed E-state index contributed by atoms with van der Waals surface area (Å²) in [6.07, 6.45) is 0. The van der Waals surface area contributed by atoms with E-state index < -0.39 is 0 Å². The lowest BCUT2D eigenvalue weighted by Crippen LogP contribution is -2.36. The Balaban J connectivity index is 1.60. The summed E-state index contributed by atoms with van der Waals surface area (Å²) in [7, 11) is 0. The minimum absolute atomic E-state index is 0.155. The zero-order valence-corrected chi connectivity index (χ0v) is 16.8. The Bertz CT molecular complexity index is 1450. The minimum atomic E-state index is -0.155. The highest BCUT2D eigenvalue weighted by Crippen LogP contribution is 2.64. The average Bonchev–Trinajstić information content (AvgIpc) is 3.09. The van der Waals surface area contributed by atoms with Crippen LogP contribution in [-0.2, 0) is 5.41 Å². The highest BCUT2D eigenvalue weighted by Gasteiger charge is 2.53. The minimum Gasteiger partial charge on any atom is -0.0622 e. The number of hydrogen-bond acceptors (Lipinski definition) is 0. The van der Waals surface area contributed by atoms with Gasteiger partial charge in [-0.1, -0.05) is 103 Å². The van der Waals surface area contributed by atoms with Gasteiger partial charge in [0.05, 0.1) is 5.41 Å². The first kappa shape index (κ1) is 16.2. The molecule has 0 unspecified atom stereocenters. The fourth-order valence-corrected chi connectivity index (χ4v) is 5.88. The van der Waals surface area contributed by atoms with Crippen molar-refractivity contribution < 1.29 is 0 Å². The van der Waals surface area contributed by atoms with Crippen LogP contribution < -0.4 is 0 Å². The highest BCUT2D eigenvalue weighted by molar-refractivity contribution is 6.05. The summed E-state index contributed by atoms with van der Waals surface area (Å²) in [6, 6.07) is 38.4. The van der Waals surface area contributed by atoms with Gasteiger partial charge in [0.25, 0.3) is 0 Å². The van der Waals surface area contributed by atoms with Gasteiger partial charge in [-0.2, -0.15) is 0 Å². The Hall–Kier alpha value is -3.64. The van der Waals surface area contributed by atoms with Crippen LogP contribution in [0.2, 0.25) is 0 Å². The Morgan fingerprint density at radius 2 is 1.17 bits per heavy atom. The average molecular weight is 380 g/mol. The van der Waals surface area contributed by atoms with Crippen LogP contribution >= 0.6 is 0 Å². The lowest BCUT2D eigenvalue weighted by molar-refractivity contribution is 0.744. The largest absolute Gasteiger partial charge is 0.0726 e. The van der Waals surface area contributed by atoms with Crippen LogP contribution in [0.5, 0.6) is 0 Å². The zero-order chi connectivity index (χ0) is 19.9. The number of benzene rings is 5. The van der Waals surface area contributed by atoms with Gasteiger partial charge in [0.2, 0.25) is 0 Å². The SMILES string of the molecule is Cc1ccc2c(c1)C1(c3cc(-c4ccccc4)ccc3-2)c2cccc3cccc1c23. The second-order valence-electron chi connectivity index (χ2n) is 8.63. The summed E-state index contributed by atoms with van der Waals surface area (Å²) < 4.78 is 0. The molecule has 140 valence electrons. The molecule has 0 radical (unpaired) electrons. The normalized spacial score (nSPS) is 14.4. The quantitative estimate of drug-likeness (QED) is 0.277. The second-order valence-corrected chi connectivity index (χ2v) is 8.63. The van der Waals surface area contributed by atoms with E-state index in [4.69, 9.17) is 0 Å². The molecular formula is C30H20.